The Balaban J connectivity index is 0.900. The first kappa shape index (κ1) is 41.3. The number of halogens is 1. The van der Waals surface area contributed by atoms with Crippen molar-refractivity contribution in [2.24, 2.45) is 0 Å². The van der Waals surface area contributed by atoms with Gasteiger partial charge in [0.05, 0.1) is 24.4 Å². The van der Waals surface area contributed by atoms with Gasteiger partial charge in [-0.3, -0.25) is 29.6 Å². The summed E-state index contributed by atoms with van der Waals surface area (Å²) in [5.74, 6) is 1.23. The number of benzene rings is 3. The summed E-state index contributed by atoms with van der Waals surface area (Å²) < 4.78 is 40.7. The molecule has 0 fully saturated rings. The highest BCUT2D eigenvalue weighted by Crippen LogP contribution is 2.19. The van der Waals surface area contributed by atoms with Crippen molar-refractivity contribution in [1.29, 1.82) is 0 Å². The Labute approximate surface area is 358 Å². The van der Waals surface area contributed by atoms with E-state index in [1.54, 1.807) is 101 Å². The van der Waals surface area contributed by atoms with Crippen molar-refractivity contribution in [1.82, 2.24) is 55.6 Å². The number of rotatable bonds is 17. The van der Waals surface area contributed by atoms with Crippen molar-refractivity contribution < 1.29 is 30.8 Å². The molecule has 0 aliphatic rings. The van der Waals surface area contributed by atoms with Crippen LogP contribution in [0.4, 0.5) is 15.3 Å². The largest absolute Gasteiger partial charge is 0.488 e. The van der Waals surface area contributed by atoms with E-state index >= 15 is 0 Å². The van der Waals surface area contributed by atoms with E-state index in [0.29, 0.717) is 57.9 Å². The highest BCUT2D eigenvalue weighted by atomic mass is 32.3. The SMILES string of the molecule is O=C(NCc1cccc(OS(=O)(=O)F)c1)c1cccc(NCc2nc(-c3ccncc3)n(-[n+]3ccnc(CNC(=O)c4cccc(NCc5nc(-c6ccncc6)n[nH]5)c4)c3)n2)c1. The minimum absolute atomic E-state index is 0.0351. The smallest absolute Gasteiger partial charge is 0.378 e. The van der Waals surface area contributed by atoms with Crippen molar-refractivity contribution in [2.45, 2.75) is 26.2 Å². The third-order valence-corrected chi connectivity index (χ3v) is 9.53. The highest BCUT2D eigenvalue weighted by molar-refractivity contribution is 7.81. The van der Waals surface area contributed by atoms with Crippen molar-refractivity contribution in [3.05, 3.63) is 174 Å². The molecule has 21 heteroatoms. The summed E-state index contributed by atoms with van der Waals surface area (Å²) in [6.45, 7) is 0.709. The average molecular weight is 868 g/mol. The van der Waals surface area contributed by atoms with E-state index in [1.807, 2.05) is 30.3 Å². The molecule has 0 bridgehead atoms. The molecular weight excluding hydrogens is 832 g/mol. The molecule has 5 heterocycles. The molecule has 3 aromatic carbocycles. The fourth-order valence-corrected chi connectivity index (χ4v) is 6.52. The van der Waals surface area contributed by atoms with Crippen molar-refractivity contribution in [3.63, 3.8) is 0 Å². The number of hydrogen-bond acceptors (Lipinski definition) is 14. The molecular formula is C42H36FN14O5S+. The van der Waals surface area contributed by atoms with Crippen LogP contribution in [0.15, 0.2) is 140 Å². The third kappa shape index (κ3) is 11.0. The van der Waals surface area contributed by atoms with Crippen LogP contribution >= 0.6 is 0 Å². The Morgan fingerprint density at radius 3 is 2.08 bits per heavy atom. The first-order valence-corrected chi connectivity index (χ1v) is 20.4. The monoisotopic (exact) mass is 867 g/mol. The zero-order valence-corrected chi connectivity index (χ0v) is 33.8. The lowest BCUT2D eigenvalue weighted by Gasteiger charge is -2.09. The number of aromatic amines is 1. The van der Waals surface area contributed by atoms with Gasteiger partial charge in [0.1, 0.15) is 36.2 Å². The zero-order valence-electron chi connectivity index (χ0n) is 33.0. The Kier molecular flexibility index (Phi) is 12.4. The lowest BCUT2D eigenvalue weighted by atomic mass is 10.1. The molecule has 0 aliphatic carbocycles. The molecule has 0 saturated heterocycles. The molecule has 5 aromatic heterocycles. The first-order chi connectivity index (χ1) is 30.6. The standard InChI is InChI=1S/C42H35FN14O5S/c43-63(60,61)62-36-9-1-4-28(20-36)23-49-41(58)31-5-2-8-34(21-31)48-26-38-52-40(30-12-16-45-17-13-30)57(55-38)56-19-18-46-35(27-56)24-50-42(59)32-6-3-7-33(22-32)47-25-37-51-39(54-53-37)29-10-14-44-15-11-29/h1-22,27,47-48H,23-26H2,(H2-,44,49,50,51,53,54,58,59)/p+1. The minimum atomic E-state index is -5.18. The van der Waals surface area contributed by atoms with Gasteiger partial charge in [-0.25, -0.2) is 4.98 Å². The summed E-state index contributed by atoms with van der Waals surface area (Å²) in [5, 5.41) is 24.2. The Morgan fingerprint density at radius 2 is 1.38 bits per heavy atom. The van der Waals surface area contributed by atoms with Gasteiger partial charge in [-0.15, -0.1) is 4.68 Å². The van der Waals surface area contributed by atoms with Crippen LogP contribution in [0.2, 0.25) is 0 Å². The number of carbonyl (C=O) groups is 2. The molecule has 0 unspecified atom stereocenters. The Hall–Kier alpha value is -8.46. The molecule has 63 heavy (non-hydrogen) atoms. The summed E-state index contributed by atoms with van der Waals surface area (Å²) in [5.41, 5.74) is 4.79. The predicted octanol–water partition coefficient (Wildman–Crippen LogP) is 4.19. The van der Waals surface area contributed by atoms with Crippen LogP contribution in [0.1, 0.15) is 43.6 Å². The third-order valence-electron chi connectivity index (χ3n) is 9.14. The van der Waals surface area contributed by atoms with E-state index in [2.05, 4.69) is 55.6 Å². The lowest BCUT2D eigenvalue weighted by molar-refractivity contribution is -0.735. The topological polar surface area (TPSA) is 240 Å². The van der Waals surface area contributed by atoms with E-state index in [0.717, 1.165) is 16.8 Å². The quantitative estimate of drug-likeness (QED) is 0.0637. The average Bonchev–Trinajstić information content (AvgIpc) is 3.97. The number of aromatic nitrogens is 10. The molecule has 19 nitrogen and oxygen atoms in total. The highest BCUT2D eigenvalue weighted by Gasteiger charge is 2.22. The maximum Gasteiger partial charge on any atom is 0.488 e. The maximum atomic E-state index is 13.3. The molecule has 0 aliphatic heterocycles. The van der Waals surface area contributed by atoms with Crippen molar-refractivity contribution in [3.8, 4) is 28.5 Å². The molecule has 0 atom stereocenters. The van der Waals surface area contributed by atoms with E-state index in [4.69, 9.17) is 10.1 Å². The van der Waals surface area contributed by atoms with Gasteiger partial charge in [-0.1, -0.05) is 28.2 Å². The number of amides is 2. The Bertz CT molecular complexity index is 2990. The predicted molar refractivity (Wildman–Crippen MR) is 225 cm³/mol. The molecule has 8 rings (SSSR count). The van der Waals surface area contributed by atoms with Crippen LogP contribution in [0.5, 0.6) is 5.75 Å². The minimum Gasteiger partial charge on any atom is -0.378 e. The van der Waals surface area contributed by atoms with Gasteiger partial charge in [0.2, 0.25) is 5.82 Å². The summed E-state index contributed by atoms with van der Waals surface area (Å²) in [7, 11) is -5.18. The molecule has 0 saturated carbocycles. The lowest BCUT2D eigenvalue weighted by Crippen LogP contribution is -2.44. The fourth-order valence-electron chi connectivity index (χ4n) is 6.19. The second-order valence-corrected chi connectivity index (χ2v) is 14.6. The summed E-state index contributed by atoms with van der Waals surface area (Å²) in [4.78, 5) is 49.9. The number of nitrogens with one attached hydrogen (secondary N) is 5. The molecule has 0 spiro atoms. The number of carbonyl (C=O) groups excluding carboxylic acids is 2. The fraction of sp³-hybridized carbons (Fsp3) is 0.0952. The molecule has 5 N–H and O–H groups in total. The van der Waals surface area contributed by atoms with Crippen molar-refractivity contribution in [2.75, 3.05) is 10.6 Å². The van der Waals surface area contributed by atoms with E-state index in [1.165, 1.54) is 18.2 Å². The maximum absolute atomic E-state index is 13.3. The number of H-pyrrole nitrogens is 1. The molecule has 2 amide bonds. The first-order valence-electron chi connectivity index (χ1n) is 19.1. The Morgan fingerprint density at radius 1 is 0.730 bits per heavy atom. The molecule has 316 valence electrons. The van der Waals surface area contributed by atoms with Crippen LogP contribution in [-0.4, -0.2) is 65.2 Å². The number of pyridine rings is 2. The second-order valence-electron chi connectivity index (χ2n) is 13.6. The van der Waals surface area contributed by atoms with E-state index in [-0.39, 0.29) is 31.3 Å². The summed E-state index contributed by atoms with van der Waals surface area (Å²) in [6, 6.07) is 26.9. The zero-order chi connectivity index (χ0) is 43.6. The van der Waals surface area contributed by atoms with Gasteiger partial charge in [0.25, 0.3) is 17.6 Å². The summed E-state index contributed by atoms with van der Waals surface area (Å²) >= 11 is 0. The normalized spacial score (nSPS) is 11.1. The van der Waals surface area contributed by atoms with Gasteiger partial charge < -0.3 is 25.5 Å². The second kappa shape index (κ2) is 18.9. The van der Waals surface area contributed by atoms with Crippen LogP contribution in [0.3, 0.4) is 0 Å². The van der Waals surface area contributed by atoms with Gasteiger partial charge >= 0.3 is 10.5 Å². The number of hydrogen-bond donors (Lipinski definition) is 5. The summed E-state index contributed by atoms with van der Waals surface area (Å²) in [6.07, 6.45) is 11.7. The van der Waals surface area contributed by atoms with E-state index < -0.39 is 16.4 Å². The van der Waals surface area contributed by atoms with Crippen LogP contribution < -0.4 is 30.1 Å². The van der Waals surface area contributed by atoms with Crippen LogP contribution in [0.25, 0.3) is 22.8 Å². The van der Waals surface area contributed by atoms with E-state index in [9.17, 15) is 21.9 Å². The number of nitrogens with zero attached hydrogens (tertiary/aromatic N) is 9. The van der Waals surface area contributed by atoms with Crippen molar-refractivity contribution >= 4 is 33.7 Å². The molecule has 0 radical (unpaired) electrons. The van der Waals surface area contributed by atoms with Gasteiger partial charge in [-0.05, 0) is 78.4 Å². The van der Waals surface area contributed by atoms with Gasteiger partial charge in [0.15, 0.2) is 5.82 Å². The van der Waals surface area contributed by atoms with Crippen LogP contribution in [-0.2, 0) is 36.7 Å². The molecule has 8 aromatic rings. The van der Waals surface area contributed by atoms with Gasteiger partial charge in [-0.2, -0.15) is 18.5 Å². The van der Waals surface area contributed by atoms with Gasteiger partial charge in [0, 0.05) is 69.8 Å². The number of anilines is 2. The van der Waals surface area contributed by atoms with Crippen LogP contribution in [0, 0.1) is 0 Å².